The molecule has 0 bridgehead atoms. The summed E-state index contributed by atoms with van der Waals surface area (Å²) in [6, 6.07) is 11.6. The Morgan fingerprint density at radius 1 is 1.17 bits per heavy atom. The monoisotopic (exact) mass is 395 g/mol. The van der Waals surface area contributed by atoms with Crippen LogP contribution in [0.15, 0.2) is 29.3 Å². The molecule has 3 unspecified atom stereocenters. The topological polar surface area (TPSA) is 134 Å². The summed E-state index contributed by atoms with van der Waals surface area (Å²) in [6.07, 6.45) is 1.40. The average molecular weight is 395 g/mol. The third kappa shape index (κ3) is 2.71. The summed E-state index contributed by atoms with van der Waals surface area (Å²) < 4.78 is 12.0. The fraction of sp³-hybridized carbons (Fsp3) is 0.524. The molecule has 2 aliphatic rings. The first-order valence-corrected chi connectivity index (χ1v) is 9.72. The average Bonchev–Trinajstić information content (AvgIpc) is 3.28. The van der Waals surface area contributed by atoms with Gasteiger partial charge in [-0.05, 0) is 30.5 Å². The van der Waals surface area contributed by atoms with E-state index in [2.05, 4.69) is 22.4 Å². The Bertz CT molecular complexity index is 906. The number of benzene rings is 1. The first kappa shape index (κ1) is 20.8. The summed E-state index contributed by atoms with van der Waals surface area (Å²) in [5.41, 5.74) is 4.90. The maximum Gasteiger partial charge on any atom is 0.293 e. The van der Waals surface area contributed by atoms with E-state index < -0.39 is 22.7 Å². The van der Waals surface area contributed by atoms with E-state index >= 15 is 0 Å². The summed E-state index contributed by atoms with van der Waals surface area (Å²) in [6.45, 7) is 5.95. The van der Waals surface area contributed by atoms with E-state index in [4.69, 9.17) is 15.2 Å². The molecule has 8 nitrogen and oxygen atoms in total. The number of hydrogen-bond acceptors (Lipinski definition) is 7. The van der Waals surface area contributed by atoms with Crippen molar-refractivity contribution in [2.45, 2.75) is 45.4 Å². The largest absolute Gasteiger partial charge is 0.386 e. The maximum absolute atomic E-state index is 11.3. The molecule has 1 fully saturated rings. The number of hydrogen-bond donors (Lipinski definition) is 2. The Kier molecular flexibility index (Phi) is 5.36. The van der Waals surface area contributed by atoms with E-state index in [1.54, 1.807) is 24.3 Å². The van der Waals surface area contributed by atoms with Crippen molar-refractivity contribution in [3.63, 3.8) is 0 Å². The van der Waals surface area contributed by atoms with Crippen LogP contribution in [0.2, 0.25) is 0 Å². The number of carbonyl (C=O) groups is 1. The molecule has 1 aromatic rings. The third-order valence-corrected chi connectivity index (χ3v) is 5.50. The molecule has 1 aliphatic carbocycles. The molecule has 1 amide bonds. The van der Waals surface area contributed by atoms with E-state index in [9.17, 15) is 15.3 Å². The minimum Gasteiger partial charge on any atom is -0.386 e. The van der Waals surface area contributed by atoms with Crippen LogP contribution in [0.3, 0.4) is 0 Å². The van der Waals surface area contributed by atoms with Crippen LogP contribution in [0, 0.1) is 33.5 Å². The molecule has 1 aromatic carbocycles. The van der Waals surface area contributed by atoms with Crippen molar-refractivity contribution < 1.29 is 14.3 Å². The molecular weight excluding hydrogens is 370 g/mol. The second-order valence-electron chi connectivity index (χ2n) is 7.35. The summed E-state index contributed by atoms with van der Waals surface area (Å²) in [5, 5.41) is 23.1. The Balaban J connectivity index is 2.08. The number of nitriles is 2. The number of aliphatic imine (C=N–C) groups is 1. The molecule has 29 heavy (non-hydrogen) atoms. The van der Waals surface area contributed by atoms with Gasteiger partial charge in [-0.15, -0.1) is 0 Å². The number of fused-ring (bicyclic) bond motifs is 1. The number of amidine groups is 1. The van der Waals surface area contributed by atoms with Crippen LogP contribution in [0.5, 0.6) is 0 Å². The van der Waals surface area contributed by atoms with E-state index in [1.807, 2.05) is 13.8 Å². The second kappa shape index (κ2) is 7.47. The minimum atomic E-state index is -1.62. The van der Waals surface area contributed by atoms with Gasteiger partial charge in [0, 0.05) is 18.5 Å². The fourth-order valence-electron chi connectivity index (χ4n) is 4.30. The number of nitrogens with one attached hydrogen (secondary N) is 1. The summed E-state index contributed by atoms with van der Waals surface area (Å²) >= 11 is 0. The highest BCUT2D eigenvalue weighted by atomic mass is 16.7. The Labute approximate surface area is 170 Å². The number of nitrogens with zero attached hydrogens (tertiary/aromatic N) is 3. The van der Waals surface area contributed by atoms with Crippen molar-refractivity contribution in [1.82, 2.24) is 0 Å². The second-order valence-corrected chi connectivity index (χ2v) is 7.35. The minimum absolute atomic E-state index is 0.0599. The molecule has 3 atom stereocenters. The maximum atomic E-state index is 11.3. The zero-order valence-corrected chi connectivity index (χ0v) is 16.9. The van der Waals surface area contributed by atoms with Crippen molar-refractivity contribution in [2.75, 3.05) is 18.5 Å². The van der Waals surface area contributed by atoms with Gasteiger partial charge in [0.2, 0.25) is 5.91 Å². The standard InChI is InChI=1S/C21H25N5O3/c1-4-10-28-21(29-11-5-2)20(13-23)17(19(20,12-22)18(24)26-21)15-6-8-16(9-7-15)25-14(3)27/h6-9,17H,4-5,10-11H2,1-3H3,(H2,24,26)(H,25,27). The lowest BCUT2D eigenvalue weighted by atomic mass is 9.93. The molecule has 3 N–H and O–H groups in total. The van der Waals surface area contributed by atoms with Gasteiger partial charge in [-0.1, -0.05) is 26.0 Å². The van der Waals surface area contributed by atoms with Crippen LogP contribution in [0.25, 0.3) is 0 Å². The molecule has 3 rings (SSSR count). The smallest absolute Gasteiger partial charge is 0.293 e. The molecule has 0 saturated heterocycles. The number of amides is 1. The van der Waals surface area contributed by atoms with Gasteiger partial charge in [-0.3, -0.25) is 4.79 Å². The van der Waals surface area contributed by atoms with Gasteiger partial charge in [0.25, 0.3) is 5.91 Å². The Morgan fingerprint density at radius 3 is 2.21 bits per heavy atom. The van der Waals surface area contributed by atoms with Crippen molar-refractivity contribution in [3.8, 4) is 12.1 Å². The highest BCUT2D eigenvalue weighted by Gasteiger charge is 2.93. The molecule has 152 valence electrons. The van der Waals surface area contributed by atoms with Gasteiger partial charge >= 0.3 is 0 Å². The molecule has 0 radical (unpaired) electrons. The van der Waals surface area contributed by atoms with E-state index in [0.717, 1.165) is 5.56 Å². The van der Waals surface area contributed by atoms with Crippen LogP contribution < -0.4 is 11.1 Å². The number of nitrogens with two attached hydrogens (primary N) is 1. The van der Waals surface area contributed by atoms with Crippen LogP contribution >= 0.6 is 0 Å². The van der Waals surface area contributed by atoms with Gasteiger partial charge in [0.15, 0.2) is 5.41 Å². The van der Waals surface area contributed by atoms with Crippen LogP contribution in [-0.2, 0) is 14.3 Å². The van der Waals surface area contributed by atoms with Crippen molar-refractivity contribution >= 4 is 17.4 Å². The van der Waals surface area contributed by atoms with Gasteiger partial charge in [-0.2, -0.15) is 10.5 Å². The molecular formula is C21H25N5O3. The molecule has 1 heterocycles. The molecule has 1 saturated carbocycles. The zero-order valence-electron chi connectivity index (χ0n) is 16.9. The zero-order chi connectivity index (χ0) is 21.3. The van der Waals surface area contributed by atoms with E-state index in [1.165, 1.54) is 6.92 Å². The first-order chi connectivity index (χ1) is 13.9. The highest BCUT2D eigenvalue weighted by molar-refractivity contribution is 6.00. The lowest BCUT2D eigenvalue weighted by Crippen LogP contribution is -2.44. The lowest BCUT2D eigenvalue weighted by Gasteiger charge is -2.32. The SMILES string of the molecule is CCCOC1(OCCC)N=C(N)C2(C#N)C(c3ccc(NC(C)=O)cc3)C12C#N. The lowest BCUT2D eigenvalue weighted by molar-refractivity contribution is -0.259. The first-order valence-electron chi connectivity index (χ1n) is 9.72. The van der Waals surface area contributed by atoms with E-state index in [-0.39, 0.29) is 11.7 Å². The van der Waals surface area contributed by atoms with Gasteiger partial charge in [-0.25, -0.2) is 4.99 Å². The molecule has 0 spiro atoms. The van der Waals surface area contributed by atoms with Crippen LogP contribution in [-0.4, -0.2) is 30.9 Å². The Morgan fingerprint density at radius 2 is 1.76 bits per heavy atom. The molecule has 0 aromatic heterocycles. The predicted octanol–water partition coefficient (Wildman–Crippen LogP) is 2.64. The van der Waals surface area contributed by atoms with Crippen molar-refractivity contribution in [3.05, 3.63) is 29.8 Å². The summed E-state index contributed by atoms with van der Waals surface area (Å²) in [4.78, 5) is 15.7. The fourth-order valence-corrected chi connectivity index (χ4v) is 4.30. The number of anilines is 1. The quantitative estimate of drug-likeness (QED) is 0.650. The van der Waals surface area contributed by atoms with Crippen molar-refractivity contribution in [1.29, 1.82) is 10.5 Å². The van der Waals surface area contributed by atoms with Crippen molar-refractivity contribution in [2.24, 2.45) is 21.6 Å². The highest BCUT2D eigenvalue weighted by Crippen LogP contribution is 2.82. The van der Waals surface area contributed by atoms with E-state index in [0.29, 0.717) is 31.7 Å². The normalized spacial score (nSPS) is 28.6. The number of carbonyl (C=O) groups excluding carboxylic acids is 1. The molecule has 1 aliphatic heterocycles. The number of rotatable bonds is 8. The van der Waals surface area contributed by atoms with Gasteiger partial charge in [0.05, 0.1) is 25.4 Å². The van der Waals surface area contributed by atoms with Gasteiger partial charge < -0.3 is 20.5 Å². The third-order valence-electron chi connectivity index (χ3n) is 5.50. The van der Waals surface area contributed by atoms with Gasteiger partial charge in [0.1, 0.15) is 11.3 Å². The summed E-state index contributed by atoms with van der Waals surface area (Å²) in [5.74, 6) is -2.29. The van der Waals surface area contributed by atoms with Crippen LogP contribution in [0.1, 0.15) is 45.1 Å². The molecule has 8 heteroatoms. The Hall–Kier alpha value is -2.94. The van der Waals surface area contributed by atoms with Crippen LogP contribution in [0.4, 0.5) is 5.69 Å². The summed E-state index contributed by atoms with van der Waals surface area (Å²) in [7, 11) is 0. The number of ether oxygens (including phenoxy) is 2. The predicted molar refractivity (Wildman–Crippen MR) is 106 cm³/mol.